The highest BCUT2D eigenvalue weighted by Gasteiger charge is 2.36. The number of carboxylic acids is 1. The molecule has 3 rings (SSSR count). The third-order valence-electron chi connectivity index (χ3n) is 4.81. The summed E-state index contributed by atoms with van der Waals surface area (Å²) in [6.07, 6.45) is 0.646. The molecule has 2 N–H and O–H groups in total. The third kappa shape index (κ3) is 4.29. The number of piperidine rings is 1. The molecule has 5 nitrogen and oxygen atoms in total. The largest absolute Gasteiger partial charge is 0.481 e. The predicted molar refractivity (Wildman–Crippen MR) is 101 cm³/mol. The number of nitrogens with one attached hydrogen (secondary N) is 1. The Morgan fingerprint density at radius 2 is 1.65 bits per heavy atom. The Balaban J connectivity index is 1.88. The van der Waals surface area contributed by atoms with Crippen LogP contribution in [0.15, 0.2) is 60.7 Å². The summed E-state index contributed by atoms with van der Waals surface area (Å²) in [5, 5.41) is 12.4. The number of hydrogen-bond donors (Lipinski definition) is 2. The first-order chi connectivity index (χ1) is 12.5. The smallest absolute Gasteiger partial charge is 0.307 e. The predicted octanol–water partition coefficient (Wildman–Crippen LogP) is 3.41. The molecule has 5 heteroatoms. The van der Waals surface area contributed by atoms with E-state index in [2.05, 4.69) is 5.32 Å². The molecule has 0 radical (unpaired) electrons. The lowest BCUT2D eigenvalue weighted by atomic mass is 9.88. The van der Waals surface area contributed by atoms with Crippen molar-refractivity contribution in [2.24, 2.45) is 11.8 Å². The zero-order valence-corrected chi connectivity index (χ0v) is 14.8. The molecule has 1 aliphatic heterocycles. The minimum absolute atomic E-state index is 0.138. The summed E-state index contributed by atoms with van der Waals surface area (Å²) in [7, 11) is 0. The minimum atomic E-state index is -0.795. The molecule has 0 bridgehead atoms. The van der Waals surface area contributed by atoms with Crippen LogP contribution in [0.1, 0.15) is 24.9 Å². The number of hydrogen-bond acceptors (Lipinski definition) is 3. The number of para-hydroxylation sites is 1. The van der Waals surface area contributed by atoms with Crippen molar-refractivity contribution in [3.63, 3.8) is 0 Å². The summed E-state index contributed by atoms with van der Waals surface area (Å²) in [5.41, 5.74) is 1.61. The van der Waals surface area contributed by atoms with Crippen molar-refractivity contribution in [1.82, 2.24) is 4.90 Å². The number of benzene rings is 2. The standard InChI is InChI=1S/C21H24N2O3/c1-15-12-17(21(25)26)14-23(13-15)19(16-8-4-2-5-9-16)20(24)22-18-10-6-3-7-11-18/h2-11,15,17,19H,12-14H2,1H3,(H,22,24)(H,25,26). The monoisotopic (exact) mass is 352 g/mol. The van der Waals surface area contributed by atoms with E-state index in [1.165, 1.54) is 0 Å². The quantitative estimate of drug-likeness (QED) is 0.865. The van der Waals surface area contributed by atoms with Gasteiger partial charge < -0.3 is 10.4 Å². The van der Waals surface area contributed by atoms with Crippen molar-refractivity contribution in [2.75, 3.05) is 18.4 Å². The average molecular weight is 352 g/mol. The SMILES string of the molecule is CC1CC(C(=O)O)CN(C(C(=O)Nc2ccccc2)c2ccccc2)C1. The summed E-state index contributed by atoms with van der Waals surface area (Å²) in [6, 6.07) is 18.4. The summed E-state index contributed by atoms with van der Waals surface area (Å²) in [5.74, 6) is -1.16. The molecule has 2 aromatic carbocycles. The summed E-state index contributed by atoms with van der Waals surface area (Å²) < 4.78 is 0. The van der Waals surface area contributed by atoms with Crippen molar-refractivity contribution < 1.29 is 14.7 Å². The molecule has 0 spiro atoms. The molecule has 26 heavy (non-hydrogen) atoms. The number of amides is 1. The Morgan fingerprint density at radius 1 is 1.04 bits per heavy atom. The van der Waals surface area contributed by atoms with Crippen LogP contribution in [0.5, 0.6) is 0 Å². The van der Waals surface area contributed by atoms with E-state index in [4.69, 9.17) is 0 Å². The first-order valence-electron chi connectivity index (χ1n) is 8.92. The topological polar surface area (TPSA) is 69.6 Å². The van der Waals surface area contributed by atoms with E-state index in [0.717, 1.165) is 11.3 Å². The van der Waals surface area contributed by atoms with E-state index in [0.29, 0.717) is 19.5 Å². The van der Waals surface area contributed by atoms with Crippen LogP contribution in [0.2, 0.25) is 0 Å². The van der Waals surface area contributed by atoms with Crippen LogP contribution in [0.25, 0.3) is 0 Å². The molecule has 136 valence electrons. The molecule has 3 unspecified atom stereocenters. The fourth-order valence-electron chi connectivity index (χ4n) is 3.68. The van der Waals surface area contributed by atoms with Crippen LogP contribution in [-0.2, 0) is 9.59 Å². The van der Waals surface area contributed by atoms with Crippen LogP contribution in [0.3, 0.4) is 0 Å². The van der Waals surface area contributed by atoms with Gasteiger partial charge in [0.05, 0.1) is 5.92 Å². The van der Waals surface area contributed by atoms with Crippen LogP contribution >= 0.6 is 0 Å². The number of carbonyl (C=O) groups is 2. The number of nitrogens with zero attached hydrogens (tertiary/aromatic N) is 1. The molecule has 0 aliphatic carbocycles. The second-order valence-corrected chi connectivity index (χ2v) is 7.00. The minimum Gasteiger partial charge on any atom is -0.481 e. The lowest BCUT2D eigenvalue weighted by Gasteiger charge is -2.39. The first-order valence-corrected chi connectivity index (χ1v) is 8.92. The Kier molecular flexibility index (Phi) is 5.68. The van der Waals surface area contributed by atoms with Crippen LogP contribution in [0.4, 0.5) is 5.69 Å². The van der Waals surface area contributed by atoms with Gasteiger partial charge in [-0.2, -0.15) is 0 Å². The van der Waals surface area contributed by atoms with Crippen LogP contribution < -0.4 is 5.32 Å². The van der Waals surface area contributed by atoms with Gasteiger partial charge in [-0.15, -0.1) is 0 Å². The Labute approximate surface area is 153 Å². The number of rotatable bonds is 5. The van der Waals surface area contributed by atoms with E-state index in [9.17, 15) is 14.7 Å². The van der Waals surface area contributed by atoms with Gasteiger partial charge in [0.25, 0.3) is 0 Å². The number of anilines is 1. The van der Waals surface area contributed by atoms with Crippen molar-refractivity contribution >= 4 is 17.6 Å². The highest BCUT2D eigenvalue weighted by Crippen LogP contribution is 2.30. The van der Waals surface area contributed by atoms with Gasteiger partial charge in [-0.25, -0.2) is 0 Å². The van der Waals surface area contributed by atoms with E-state index < -0.39 is 17.9 Å². The average Bonchev–Trinajstić information content (AvgIpc) is 2.63. The Morgan fingerprint density at radius 3 is 2.27 bits per heavy atom. The number of likely N-dealkylation sites (tertiary alicyclic amines) is 1. The van der Waals surface area contributed by atoms with Gasteiger partial charge in [-0.3, -0.25) is 14.5 Å². The Hall–Kier alpha value is -2.66. The second kappa shape index (κ2) is 8.15. The summed E-state index contributed by atoms with van der Waals surface area (Å²) in [6.45, 7) is 3.12. The zero-order chi connectivity index (χ0) is 18.5. The maximum absolute atomic E-state index is 13.1. The van der Waals surface area contributed by atoms with Gasteiger partial charge in [0.15, 0.2) is 0 Å². The number of carbonyl (C=O) groups excluding carboxylic acids is 1. The van der Waals surface area contributed by atoms with Crippen molar-refractivity contribution in [1.29, 1.82) is 0 Å². The van der Waals surface area contributed by atoms with Gasteiger partial charge in [0.1, 0.15) is 6.04 Å². The molecule has 1 amide bonds. The molecule has 0 aromatic heterocycles. The molecular formula is C21H24N2O3. The molecule has 1 heterocycles. The summed E-state index contributed by atoms with van der Waals surface area (Å²) in [4.78, 5) is 26.6. The van der Waals surface area contributed by atoms with Gasteiger partial charge >= 0.3 is 5.97 Å². The van der Waals surface area contributed by atoms with Crippen molar-refractivity contribution in [2.45, 2.75) is 19.4 Å². The van der Waals surface area contributed by atoms with Gasteiger partial charge in [0, 0.05) is 18.8 Å². The highest BCUT2D eigenvalue weighted by molar-refractivity contribution is 5.95. The molecule has 2 aromatic rings. The second-order valence-electron chi connectivity index (χ2n) is 7.00. The third-order valence-corrected chi connectivity index (χ3v) is 4.81. The molecule has 1 fully saturated rings. The lowest BCUT2D eigenvalue weighted by Crippen LogP contribution is -2.47. The van der Waals surface area contributed by atoms with E-state index >= 15 is 0 Å². The summed E-state index contributed by atoms with van der Waals surface area (Å²) >= 11 is 0. The fraction of sp³-hybridized carbons (Fsp3) is 0.333. The first kappa shape index (κ1) is 18.1. The maximum Gasteiger partial charge on any atom is 0.307 e. The fourth-order valence-corrected chi connectivity index (χ4v) is 3.68. The van der Waals surface area contributed by atoms with Gasteiger partial charge in [-0.05, 0) is 30.0 Å². The Bertz CT molecular complexity index is 748. The van der Waals surface area contributed by atoms with E-state index in [1.807, 2.05) is 72.5 Å². The van der Waals surface area contributed by atoms with E-state index in [1.54, 1.807) is 0 Å². The van der Waals surface area contributed by atoms with E-state index in [-0.39, 0.29) is 11.8 Å². The van der Waals surface area contributed by atoms with Crippen LogP contribution in [-0.4, -0.2) is 35.0 Å². The van der Waals surface area contributed by atoms with Gasteiger partial charge in [-0.1, -0.05) is 55.5 Å². The normalized spacial score (nSPS) is 21.7. The lowest BCUT2D eigenvalue weighted by molar-refractivity contribution is -0.145. The molecular weight excluding hydrogens is 328 g/mol. The highest BCUT2D eigenvalue weighted by atomic mass is 16.4. The molecule has 1 aliphatic rings. The molecule has 0 saturated carbocycles. The number of carboxylic acid groups (broad SMARTS) is 1. The van der Waals surface area contributed by atoms with Crippen LogP contribution in [0, 0.1) is 11.8 Å². The number of aliphatic carboxylic acids is 1. The maximum atomic E-state index is 13.1. The molecule has 1 saturated heterocycles. The zero-order valence-electron chi connectivity index (χ0n) is 14.8. The van der Waals surface area contributed by atoms with Gasteiger partial charge in [0.2, 0.25) is 5.91 Å². The van der Waals surface area contributed by atoms with Crippen molar-refractivity contribution in [3.05, 3.63) is 66.2 Å². The molecule has 3 atom stereocenters. The van der Waals surface area contributed by atoms with Crippen molar-refractivity contribution in [3.8, 4) is 0 Å².